The molecule has 0 heterocycles. The van der Waals surface area contributed by atoms with E-state index in [1.807, 2.05) is 0 Å². The van der Waals surface area contributed by atoms with Gasteiger partial charge < -0.3 is 9.80 Å². The fraction of sp³-hybridized carbons (Fsp3) is 0.450. The molecule has 23 heavy (non-hydrogen) atoms. The summed E-state index contributed by atoms with van der Waals surface area (Å²) in [5.74, 6) is 0. The van der Waals surface area contributed by atoms with E-state index in [0.717, 1.165) is 25.9 Å². The maximum absolute atomic E-state index is 10.1. The summed E-state index contributed by atoms with van der Waals surface area (Å²) >= 11 is 0. The summed E-state index contributed by atoms with van der Waals surface area (Å²) in [7, 11) is 8.27. The van der Waals surface area contributed by atoms with Crippen LogP contribution in [0.4, 0.5) is 0 Å². The van der Waals surface area contributed by atoms with Crippen LogP contribution in [-0.2, 0) is 5.41 Å². The summed E-state index contributed by atoms with van der Waals surface area (Å²) in [5, 5.41) is 12.5. The van der Waals surface area contributed by atoms with Gasteiger partial charge in [-0.15, -0.1) is 0 Å². The lowest BCUT2D eigenvalue weighted by Gasteiger charge is -2.31. The molecule has 0 saturated heterocycles. The first kappa shape index (κ1) is 17.5. The van der Waals surface area contributed by atoms with Crippen LogP contribution in [0.3, 0.4) is 0 Å². The molecule has 0 N–H and O–H groups in total. The van der Waals surface area contributed by atoms with E-state index in [4.69, 9.17) is 0 Å². The third-order valence-corrected chi connectivity index (χ3v) is 4.49. The minimum absolute atomic E-state index is 0.449. The number of hydrogen-bond donors (Lipinski definition) is 0. The van der Waals surface area contributed by atoms with Crippen LogP contribution in [0.1, 0.15) is 18.4 Å². The Morgan fingerprint density at radius 2 is 1.43 bits per heavy atom. The Bertz CT molecular complexity index is 665. The van der Waals surface area contributed by atoms with Gasteiger partial charge in [0.25, 0.3) is 0 Å². The maximum atomic E-state index is 10.1. The zero-order chi connectivity index (χ0) is 16.9. The lowest BCUT2D eigenvalue weighted by molar-refractivity contribution is 0.308. The molecule has 2 aromatic rings. The van der Waals surface area contributed by atoms with Gasteiger partial charge in [-0.3, -0.25) is 0 Å². The molecule has 0 aliphatic carbocycles. The van der Waals surface area contributed by atoms with Gasteiger partial charge >= 0.3 is 0 Å². The summed E-state index contributed by atoms with van der Waals surface area (Å²) in [4.78, 5) is 4.32. The summed E-state index contributed by atoms with van der Waals surface area (Å²) in [6, 6.07) is 17.4. The number of benzene rings is 2. The summed E-state index contributed by atoms with van der Waals surface area (Å²) in [5.41, 5.74) is 0.719. The van der Waals surface area contributed by atoms with E-state index >= 15 is 0 Å². The second-order valence-corrected chi connectivity index (χ2v) is 6.83. The zero-order valence-electron chi connectivity index (χ0n) is 14.7. The number of rotatable bonds is 7. The predicted molar refractivity (Wildman–Crippen MR) is 97.6 cm³/mol. The molecule has 0 bridgehead atoms. The van der Waals surface area contributed by atoms with Crippen molar-refractivity contribution in [3.63, 3.8) is 0 Å². The van der Waals surface area contributed by atoms with Crippen molar-refractivity contribution in [2.45, 2.75) is 18.3 Å². The van der Waals surface area contributed by atoms with Crippen LogP contribution in [-0.4, -0.2) is 51.1 Å². The van der Waals surface area contributed by atoms with Crippen molar-refractivity contribution in [1.82, 2.24) is 9.80 Å². The number of nitriles is 1. The molecule has 3 heteroatoms. The standard InChI is InChI=1S/C20H27N3/c1-22(2)14-12-20(16-21,13-15-23(3)4)19-11-7-9-17-8-5-6-10-18(17)19/h5-11H,12-15H2,1-4H3. The second-order valence-electron chi connectivity index (χ2n) is 6.83. The summed E-state index contributed by atoms with van der Waals surface area (Å²) < 4.78 is 0. The molecule has 0 spiro atoms. The third kappa shape index (κ3) is 4.10. The molecular weight excluding hydrogens is 282 g/mol. The molecule has 0 atom stereocenters. The second kappa shape index (κ2) is 7.59. The van der Waals surface area contributed by atoms with Crippen molar-refractivity contribution in [1.29, 1.82) is 5.26 Å². The van der Waals surface area contributed by atoms with Gasteiger partial charge in [0.05, 0.1) is 11.5 Å². The molecule has 0 amide bonds. The van der Waals surface area contributed by atoms with Crippen molar-refractivity contribution in [2.24, 2.45) is 0 Å². The van der Waals surface area contributed by atoms with E-state index in [1.165, 1.54) is 16.3 Å². The van der Waals surface area contributed by atoms with Gasteiger partial charge in [-0.2, -0.15) is 5.26 Å². The van der Waals surface area contributed by atoms with Gasteiger partial charge in [0.2, 0.25) is 0 Å². The zero-order valence-corrected chi connectivity index (χ0v) is 14.7. The van der Waals surface area contributed by atoms with E-state index in [0.29, 0.717) is 0 Å². The van der Waals surface area contributed by atoms with E-state index < -0.39 is 5.41 Å². The molecular formula is C20H27N3. The van der Waals surface area contributed by atoms with E-state index in [2.05, 4.69) is 86.5 Å². The molecule has 3 nitrogen and oxygen atoms in total. The fourth-order valence-corrected chi connectivity index (χ4v) is 3.04. The Labute approximate surface area is 140 Å². The van der Waals surface area contributed by atoms with Crippen LogP contribution in [0.5, 0.6) is 0 Å². The van der Waals surface area contributed by atoms with Crippen molar-refractivity contribution in [2.75, 3.05) is 41.3 Å². The van der Waals surface area contributed by atoms with E-state index in [1.54, 1.807) is 0 Å². The number of fused-ring (bicyclic) bond motifs is 1. The molecule has 0 aliphatic rings. The van der Waals surface area contributed by atoms with Gasteiger partial charge in [-0.05, 0) is 70.5 Å². The fourth-order valence-electron chi connectivity index (χ4n) is 3.04. The molecule has 0 aromatic heterocycles. The van der Waals surface area contributed by atoms with Crippen LogP contribution >= 0.6 is 0 Å². The Hall–Kier alpha value is -1.89. The molecule has 0 aliphatic heterocycles. The third-order valence-electron chi connectivity index (χ3n) is 4.49. The van der Waals surface area contributed by atoms with Crippen LogP contribution in [0.2, 0.25) is 0 Å². The van der Waals surface area contributed by atoms with Crippen LogP contribution in [0.25, 0.3) is 10.8 Å². The highest BCUT2D eigenvalue weighted by Gasteiger charge is 2.33. The first-order valence-corrected chi connectivity index (χ1v) is 8.17. The number of hydrogen-bond acceptors (Lipinski definition) is 3. The van der Waals surface area contributed by atoms with Crippen molar-refractivity contribution in [3.8, 4) is 6.07 Å². The van der Waals surface area contributed by atoms with Gasteiger partial charge in [-0.25, -0.2) is 0 Å². The molecule has 0 radical (unpaired) electrons. The monoisotopic (exact) mass is 309 g/mol. The van der Waals surface area contributed by atoms with E-state index in [9.17, 15) is 5.26 Å². The SMILES string of the molecule is CN(C)CCC(C#N)(CCN(C)C)c1cccc2ccccc12. The number of nitrogens with zero attached hydrogens (tertiary/aromatic N) is 3. The highest BCUT2D eigenvalue weighted by molar-refractivity contribution is 5.87. The minimum Gasteiger partial charge on any atom is -0.309 e. The highest BCUT2D eigenvalue weighted by Crippen LogP contribution is 2.36. The quantitative estimate of drug-likeness (QED) is 0.784. The Morgan fingerprint density at radius 3 is 2.00 bits per heavy atom. The van der Waals surface area contributed by atoms with Crippen molar-refractivity contribution < 1.29 is 0 Å². The lowest BCUT2D eigenvalue weighted by atomic mass is 9.74. The average molecular weight is 309 g/mol. The Balaban J connectivity index is 2.51. The van der Waals surface area contributed by atoms with Gasteiger partial charge in [0.15, 0.2) is 0 Å². The molecule has 2 aromatic carbocycles. The van der Waals surface area contributed by atoms with Gasteiger partial charge in [0, 0.05) is 0 Å². The van der Waals surface area contributed by atoms with Crippen molar-refractivity contribution in [3.05, 3.63) is 48.0 Å². The predicted octanol–water partition coefficient (Wildman–Crippen LogP) is 3.50. The topological polar surface area (TPSA) is 30.3 Å². The first-order valence-electron chi connectivity index (χ1n) is 8.17. The van der Waals surface area contributed by atoms with Crippen LogP contribution < -0.4 is 0 Å². The Kier molecular flexibility index (Phi) is 5.76. The van der Waals surface area contributed by atoms with Crippen LogP contribution in [0.15, 0.2) is 42.5 Å². The van der Waals surface area contributed by atoms with E-state index in [-0.39, 0.29) is 0 Å². The molecule has 0 unspecified atom stereocenters. The lowest BCUT2D eigenvalue weighted by Crippen LogP contribution is -2.33. The molecule has 2 rings (SSSR count). The molecule has 122 valence electrons. The average Bonchev–Trinajstić information content (AvgIpc) is 2.55. The Morgan fingerprint density at radius 1 is 0.870 bits per heavy atom. The van der Waals surface area contributed by atoms with Crippen LogP contribution in [0, 0.1) is 11.3 Å². The largest absolute Gasteiger partial charge is 0.309 e. The normalized spacial score (nSPS) is 12.0. The van der Waals surface area contributed by atoms with Gasteiger partial charge in [-0.1, -0.05) is 42.5 Å². The van der Waals surface area contributed by atoms with Crippen molar-refractivity contribution >= 4 is 10.8 Å². The summed E-state index contributed by atoms with van der Waals surface area (Å²) in [6.07, 6.45) is 1.69. The first-order chi connectivity index (χ1) is 11.0. The molecule has 0 fully saturated rings. The maximum Gasteiger partial charge on any atom is 0.0852 e. The molecule has 0 saturated carbocycles. The smallest absolute Gasteiger partial charge is 0.0852 e. The van der Waals surface area contributed by atoms with Gasteiger partial charge in [0.1, 0.15) is 0 Å². The summed E-state index contributed by atoms with van der Waals surface area (Å²) in [6.45, 7) is 1.81. The minimum atomic E-state index is -0.449. The highest BCUT2D eigenvalue weighted by atomic mass is 15.1.